The maximum Gasteiger partial charge on any atom is 0.151 e. The van der Waals surface area contributed by atoms with Gasteiger partial charge in [-0.3, -0.25) is 0 Å². The van der Waals surface area contributed by atoms with Crippen molar-refractivity contribution >= 4 is 17.2 Å². The Morgan fingerprint density at radius 2 is 2.31 bits per heavy atom. The van der Waals surface area contributed by atoms with Crippen molar-refractivity contribution in [3.63, 3.8) is 0 Å². The molecule has 72 valence electrons. The molecule has 6 N–H and O–H groups in total. The average molecular weight is 182 g/mol. The standard InChI is InChI=1S/C8H14N4O/c1-5(13)4-12-8-7(10)6(9)2-3-11-8/h2-3,5,13H,4,10H2,1H3,(H3,9,11,12). The van der Waals surface area contributed by atoms with E-state index in [2.05, 4.69) is 10.3 Å². The normalized spacial score (nSPS) is 12.5. The highest BCUT2D eigenvalue weighted by atomic mass is 16.3. The SMILES string of the molecule is CC(O)CNc1nccc(N)c1N. The summed E-state index contributed by atoms with van der Waals surface area (Å²) < 4.78 is 0. The van der Waals surface area contributed by atoms with Gasteiger partial charge in [0.15, 0.2) is 5.82 Å². The molecule has 1 heterocycles. The summed E-state index contributed by atoms with van der Waals surface area (Å²) in [7, 11) is 0. The molecule has 0 spiro atoms. The Bertz CT molecular complexity index is 287. The molecule has 1 unspecified atom stereocenters. The molecule has 1 atom stereocenters. The van der Waals surface area contributed by atoms with Gasteiger partial charge in [0.2, 0.25) is 0 Å². The molecule has 5 heteroatoms. The first-order chi connectivity index (χ1) is 6.11. The minimum Gasteiger partial charge on any atom is -0.397 e. The number of nitrogen functional groups attached to an aromatic ring is 2. The average Bonchev–Trinajstić information content (AvgIpc) is 2.07. The van der Waals surface area contributed by atoms with Crippen LogP contribution in [0.25, 0.3) is 0 Å². The van der Waals surface area contributed by atoms with E-state index in [0.717, 1.165) is 0 Å². The van der Waals surface area contributed by atoms with Crippen LogP contribution in [0.3, 0.4) is 0 Å². The summed E-state index contributed by atoms with van der Waals surface area (Å²) in [6.45, 7) is 2.08. The zero-order valence-electron chi connectivity index (χ0n) is 7.49. The summed E-state index contributed by atoms with van der Waals surface area (Å²) in [5, 5.41) is 11.9. The highest BCUT2D eigenvalue weighted by Gasteiger charge is 2.03. The third-order valence-electron chi connectivity index (χ3n) is 1.59. The fraction of sp³-hybridized carbons (Fsp3) is 0.375. The number of aromatic nitrogens is 1. The zero-order valence-corrected chi connectivity index (χ0v) is 7.49. The maximum atomic E-state index is 9.01. The summed E-state index contributed by atoms with van der Waals surface area (Å²) in [6, 6.07) is 1.63. The Labute approximate surface area is 76.8 Å². The number of anilines is 3. The number of hydrogen-bond acceptors (Lipinski definition) is 5. The third-order valence-corrected chi connectivity index (χ3v) is 1.59. The number of pyridine rings is 1. The van der Waals surface area contributed by atoms with Crippen molar-refractivity contribution in [1.82, 2.24) is 4.98 Å². The molecule has 0 aliphatic heterocycles. The van der Waals surface area contributed by atoms with Crippen LogP contribution in [-0.4, -0.2) is 22.7 Å². The van der Waals surface area contributed by atoms with Crippen LogP contribution in [-0.2, 0) is 0 Å². The van der Waals surface area contributed by atoms with Crippen LogP contribution >= 0.6 is 0 Å². The highest BCUT2D eigenvalue weighted by Crippen LogP contribution is 2.21. The van der Waals surface area contributed by atoms with Gasteiger partial charge in [0.25, 0.3) is 0 Å². The number of aliphatic hydroxyl groups excluding tert-OH is 1. The molecule has 1 aromatic heterocycles. The van der Waals surface area contributed by atoms with Crippen molar-refractivity contribution in [1.29, 1.82) is 0 Å². The Morgan fingerprint density at radius 3 is 2.92 bits per heavy atom. The molecule has 0 aliphatic rings. The Morgan fingerprint density at radius 1 is 1.62 bits per heavy atom. The van der Waals surface area contributed by atoms with Crippen LogP contribution < -0.4 is 16.8 Å². The smallest absolute Gasteiger partial charge is 0.151 e. The van der Waals surface area contributed by atoms with Crippen molar-refractivity contribution < 1.29 is 5.11 Å². The molecule has 0 saturated heterocycles. The number of hydrogen-bond donors (Lipinski definition) is 4. The first kappa shape index (κ1) is 9.60. The van der Waals surface area contributed by atoms with Crippen LogP contribution in [0.5, 0.6) is 0 Å². The van der Waals surface area contributed by atoms with Crippen LogP contribution in [0.1, 0.15) is 6.92 Å². The van der Waals surface area contributed by atoms with E-state index in [1.54, 1.807) is 19.2 Å². The minimum atomic E-state index is -0.442. The van der Waals surface area contributed by atoms with Gasteiger partial charge in [0.1, 0.15) is 0 Å². The van der Waals surface area contributed by atoms with Crippen molar-refractivity contribution in [3.8, 4) is 0 Å². The van der Waals surface area contributed by atoms with E-state index in [1.165, 1.54) is 0 Å². The summed E-state index contributed by atoms with van der Waals surface area (Å²) in [5.41, 5.74) is 12.1. The summed E-state index contributed by atoms with van der Waals surface area (Å²) in [4.78, 5) is 3.98. The molecule has 0 amide bonds. The van der Waals surface area contributed by atoms with Gasteiger partial charge in [-0.25, -0.2) is 4.98 Å². The minimum absolute atomic E-state index is 0.403. The number of aliphatic hydroxyl groups is 1. The highest BCUT2D eigenvalue weighted by molar-refractivity contribution is 5.75. The van der Waals surface area contributed by atoms with E-state index in [9.17, 15) is 0 Å². The molecular formula is C8H14N4O. The molecule has 1 aromatic rings. The Balaban J connectivity index is 2.71. The van der Waals surface area contributed by atoms with E-state index in [4.69, 9.17) is 16.6 Å². The second kappa shape index (κ2) is 3.95. The lowest BCUT2D eigenvalue weighted by molar-refractivity contribution is 0.208. The molecule has 0 saturated carbocycles. The van der Waals surface area contributed by atoms with E-state index in [1.807, 2.05) is 0 Å². The monoisotopic (exact) mass is 182 g/mol. The van der Waals surface area contributed by atoms with Gasteiger partial charge < -0.3 is 21.9 Å². The molecule has 0 aliphatic carbocycles. The van der Waals surface area contributed by atoms with Gasteiger partial charge in [-0.2, -0.15) is 0 Å². The summed E-state index contributed by atoms with van der Waals surface area (Å²) in [6.07, 6.45) is 1.12. The Hall–Kier alpha value is -1.49. The van der Waals surface area contributed by atoms with Crippen LogP contribution in [0.15, 0.2) is 12.3 Å². The predicted octanol–water partition coefficient (Wildman–Crippen LogP) is 0.0387. The van der Waals surface area contributed by atoms with Crippen molar-refractivity contribution in [2.45, 2.75) is 13.0 Å². The lowest BCUT2D eigenvalue weighted by Gasteiger charge is -2.10. The molecule has 1 rings (SSSR count). The number of nitrogens with one attached hydrogen (secondary N) is 1. The van der Waals surface area contributed by atoms with Gasteiger partial charge in [0, 0.05) is 12.7 Å². The number of rotatable bonds is 3. The van der Waals surface area contributed by atoms with E-state index >= 15 is 0 Å². The lowest BCUT2D eigenvalue weighted by atomic mass is 10.3. The molecule has 0 fully saturated rings. The molecule has 0 bridgehead atoms. The summed E-state index contributed by atoms with van der Waals surface area (Å²) >= 11 is 0. The van der Waals surface area contributed by atoms with Crippen molar-refractivity contribution in [2.75, 3.05) is 23.3 Å². The fourth-order valence-electron chi connectivity index (χ4n) is 0.873. The van der Waals surface area contributed by atoms with E-state index in [0.29, 0.717) is 23.7 Å². The first-order valence-electron chi connectivity index (χ1n) is 4.03. The zero-order chi connectivity index (χ0) is 9.84. The second-order valence-electron chi connectivity index (χ2n) is 2.89. The van der Waals surface area contributed by atoms with E-state index in [-0.39, 0.29) is 0 Å². The van der Waals surface area contributed by atoms with Crippen molar-refractivity contribution in [3.05, 3.63) is 12.3 Å². The topological polar surface area (TPSA) is 97.2 Å². The van der Waals surface area contributed by atoms with Gasteiger partial charge in [-0.15, -0.1) is 0 Å². The molecule has 5 nitrogen and oxygen atoms in total. The third kappa shape index (κ3) is 2.48. The number of nitrogens with zero attached hydrogens (tertiary/aromatic N) is 1. The summed E-state index contributed by atoms with van der Waals surface area (Å²) in [5.74, 6) is 0.515. The predicted molar refractivity (Wildman–Crippen MR) is 53.2 cm³/mol. The first-order valence-corrected chi connectivity index (χ1v) is 4.03. The molecule has 0 aromatic carbocycles. The quantitative estimate of drug-likeness (QED) is 0.529. The maximum absolute atomic E-state index is 9.01. The van der Waals surface area contributed by atoms with Gasteiger partial charge >= 0.3 is 0 Å². The molecule has 0 radical (unpaired) electrons. The van der Waals surface area contributed by atoms with Crippen LogP contribution in [0, 0.1) is 0 Å². The number of nitrogens with two attached hydrogens (primary N) is 2. The van der Waals surface area contributed by atoms with Crippen molar-refractivity contribution in [2.24, 2.45) is 0 Å². The molecule has 13 heavy (non-hydrogen) atoms. The van der Waals surface area contributed by atoms with Crippen LogP contribution in [0.4, 0.5) is 17.2 Å². The van der Waals surface area contributed by atoms with Gasteiger partial charge in [-0.05, 0) is 13.0 Å². The van der Waals surface area contributed by atoms with E-state index < -0.39 is 6.10 Å². The molecular weight excluding hydrogens is 168 g/mol. The van der Waals surface area contributed by atoms with Gasteiger partial charge in [0.05, 0.1) is 17.5 Å². The lowest BCUT2D eigenvalue weighted by Crippen LogP contribution is -2.17. The Kier molecular flexibility index (Phi) is 2.92. The van der Waals surface area contributed by atoms with Crippen LogP contribution in [0.2, 0.25) is 0 Å². The fourth-order valence-corrected chi connectivity index (χ4v) is 0.873. The van der Waals surface area contributed by atoms with Gasteiger partial charge in [-0.1, -0.05) is 0 Å². The second-order valence-corrected chi connectivity index (χ2v) is 2.89. The largest absolute Gasteiger partial charge is 0.397 e.